The molecule has 7 nitrogen and oxygen atoms in total. The van der Waals surface area contributed by atoms with E-state index in [0.29, 0.717) is 12.5 Å². The van der Waals surface area contributed by atoms with E-state index in [9.17, 15) is 0 Å². The molecule has 7 heteroatoms. The lowest BCUT2D eigenvalue weighted by molar-refractivity contribution is 0.0438. The molecule has 0 saturated carbocycles. The van der Waals surface area contributed by atoms with Crippen LogP contribution in [0.4, 0.5) is 11.8 Å². The molecule has 1 saturated heterocycles. The van der Waals surface area contributed by atoms with Crippen molar-refractivity contribution in [2.75, 3.05) is 36.9 Å². The van der Waals surface area contributed by atoms with Crippen LogP contribution < -0.4 is 10.6 Å². The molecular weight excluding hydrogens is 342 g/mol. The second-order valence-corrected chi connectivity index (χ2v) is 7.22. The summed E-state index contributed by atoms with van der Waals surface area (Å²) in [6.07, 6.45) is 6.20. The normalized spacial score (nSPS) is 17.0. The molecule has 1 aliphatic rings. The smallest absolute Gasteiger partial charge is 0.224 e. The van der Waals surface area contributed by atoms with E-state index in [0.717, 1.165) is 30.3 Å². The molecular formula is C20H31N5O2. The zero-order chi connectivity index (χ0) is 19.1. The third kappa shape index (κ3) is 5.94. The largest absolute Gasteiger partial charge is 0.467 e. The summed E-state index contributed by atoms with van der Waals surface area (Å²) in [4.78, 5) is 11.5. The Bertz CT molecular complexity index is 686. The van der Waals surface area contributed by atoms with Gasteiger partial charge in [0, 0.05) is 18.3 Å². The Balaban J connectivity index is 1.47. The molecule has 2 N–H and O–H groups in total. The van der Waals surface area contributed by atoms with Gasteiger partial charge < -0.3 is 24.7 Å². The van der Waals surface area contributed by atoms with Gasteiger partial charge in [-0.25, -0.2) is 4.98 Å². The van der Waals surface area contributed by atoms with Crippen LogP contribution in [0.1, 0.15) is 38.0 Å². The zero-order valence-electron chi connectivity index (χ0n) is 16.6. The number of aryl methyl sites for hydroxylation is 1. The molecule has 1 fully saturated rings. The Morgan fingerprint density at radius 3 is 2.85 bits per heavy atom. The van der Waals surface area contributed by atoms with Crippen molar-refractivity contribution in [1.82, 2.24) is 14.9 Å². The summed E-state index contributed by atoms with van der Waals surface area (Å²) in [7, 11) is 0. The van der Waals surface area contributed by atoms with Gasteiger partial charge in [0.25, 0.3) is 0 Å². The molecule has 2 aromatic heterocycles. The highest BCUT2D eigenvalue weighted by Crippen LogP contribution is 2.16. The number of aromatic nitrogens is 2. The van der Waals surface area contributed by atoms with Crippen molar-refractivity contribution in [3.63, 3.8) is 0 Å². The van der Waals surface area contributed by atoms with Gasteiger partial charge >= 0.3 is 0 Å². The van der Waals surface area contributed by atoms with Crippen molar-refractivity contribution in [2.24, 2.45) is 0 Å². The monoisotopic (exact) mass is 373 g/mol. The number of nitrogens with zero attached hydrogens (tertiary/aromatic N) is 3. The third-order valence-corrected chi connectivity index (χ3v) is 5.03. The van der Waals surface area contributed by atoms with Crippen molar-refractivity contribution in [3.05, 3.63) is 35.9 Å². The molecule has 1 unspecified atom stereocenters. The number of furan rings is 1. The Labute approximate surface area is 161 Å². The van der Waals surface area contributed by atoms with E-state index in [4.69, 9.17) is 9.15 Å². The average Bonchev–Trinajstić information content (AvgIpc) is 3.35. The van der Waals surface area contributed by atoms with Crippen LogP contribution in [0.15, 0.2) is 29.0 Å². The van der Waals surface area contributed by atoms with Crippen molar-refractivity contribution >= 4 is 11.8 Å². The lowest BCUT2D eigenvalue weighted by Gasteiger charge is -2.23. The van der Waals surface area contributed by atoms with Crippen molar-refractivity contribution in [2.45, 2.75) is 52.3 Å². The minimum Gasteiger partial charge on any atom is -0.467 e. The van der Waals surface area contributed by atoms with Gasteiger partial charge in [0.05, 0.1) is 31.6 Å². The zero-order valence-corrected chi connectivity index (χ0v) is 16.6. The average molecular weight is 374 g/mol. The fourth-order valence-electron chi connectivity index (χ4n) is 3.11. The van der Waals surface area contributed by atoms with Crippen molar-refractivity contribution in [3.8, 4) is 0 Å². The van der Waals surface area contributed by atoms with Gasteiger partial charge in [0.2, 0.25) is 5.95 Å². The lowest BCUT2D eigenvalue weighted by atomic mass is 10.2. The predicted molar refractivity (Wildman–Crippen MR) is 107 cm³/mol. The van der Waals surface area contributed by atoms with E-state index in [1.165, 1.54) is 25.9 Å². The van der Waals surface area contributed by atoms with Gasteiger partial charge in [-0.2, -0.15) is 4.98 Å². The maximum atomic E-state index is 6.00. The number of hydrogen-bond acceptors (Lipinski definition) is 7. The van der Waals surface area contributed by atoms with Gasteiger partial charge in [-0.15, -0.1) is 0 Å². The molecule has 0 aromatic carbocycles. The van der Waals surface area contributed by atoms with Gasteiger partial charge in [-0.05, 0) is 58.8 Å². The molecule has 0 radical (unpaired) electrons. The van der Waals surface area contributed by atoms with Crippen LogP contribution in [-0.4, -0.2) is 53.3 Å². The van der Waals surface area contributed by atoms with Crippen LogP contribution in [0.25, 0.3) is 0 Å². The highest BCUT2D eigenvalue weighted by molar-refractivity contribution is 5.46. The van der Waals surface area contributed by atoms with E-state index in [-0.39, 0.29) is 12.1 Å². The minimum atomic E-state index is 0.0806. The van der Waals surface area contributed by atoms with Crippen LogP contribution in [0, 0.1) is 6.92 Å². The van der Waals surface area contributed by atoms with E-state index in [1.807, 2.05) is 25.3 Å². The van der Waals surface area contributed by atoms with Crippen molar-refractivity contribution in [1.29, 1.82) is 0 Å². The fraction of sp³-hybridized carbons (Fsp3) is 0.600. The maximum absolute atomic E-state index is 6.00. The van der Waals surface area contributed by atoms with E-state index < -0.39 is 0 Å². The number of hydrogen-bond donors (Lipinski definition) is 2. The van der Waals surface area contributed by atoms with E-state index in [2.05, 4.69) is 39.3 Å². The van der Waals surface area contributed by atoms with Gasteiger partial charge in [0.1, 0.15) is 11.6 Å². The van der Waals surface area contributed by atoms with E-state index in [1.54, 1.807) is 6.26 Å². The first-order valence-corrected chi connectivity index (χ1v) is 9.82. The molecule has 2 aromatic rings. The number of rotatable bonds is 10. The van der Waals surface area contributed by atoms with Crippen molar-refractivity contribution < 1.29 is 9.15 Å². The number of anilines is 2. The molecule has 2 atom stereocenters. The van der Waals surface area contributed by atoms with Crippen LogP contribution in [0.5, 0.6) is 0 Å². The summed E-state index contributed by atoms with van der Waals surface area (Å²) in [6.45, 7) is 11.0. The molecule has 0 aliphatic carbocycles. The Morgan fingerprint density at radius 2 is 2.11 bits per heavy atom. The van der Waals surface area contributed by atoms with Crippen LogP contribution in [0.2, 0.25) is 0 Å². The summed E-state index contributed by atoms with van der Waals surface area (Å²) in [5.41, 5.74) is 0.995. The maximum Gasteiger partial charge on any atom is 0.224 e. The summed E-state index contributed by atoms with van der Waals surface area (Å²) in [5, 5.41) is 6.66. The number of likely N-dealkylation sites (tertiary alicyclic amines) is 1. The highest BCUT2D eigenvalue weighted by Gasteiger charge is 2.16. The van der Waals surface area contributed by atoms with Gasteiger partial charge in [0.15, 0.2) is 0 Å². The molecule has 0 bridgehead atoms. The first kappa shape index (κ1) is 19.6. The topological polar surface area (TPSA) is 75.5 Å². The third-order valence-electron chi connectivity index (χ3n) is 5.03. The second kappa shape index (κ2) is 9.71. The molecule has 0 amide bonds. The Morgan fingerprint density at radius 1 is 1.30 bits per heavy atom. The first-order valence-electron chi connectivity index (χ1n) is 9.82. The Kier molecular flexibility index (Phi) is 7.06. The quantitative estimate of drug-likeness (QED) is 0.662. The molecule has 148 valence electrons. The van der Waals surface area contributed by atoms with Crippen LogP contribution in [-0.2, 0) is 11.3 Å². The summed E-state index contributed by atoms with van der Waals surface area (Å²) in [6, 6.07) is 3.93. The van der Waals surface area contributed by atoms with Gasteiger partial charge in [-0.1, -0.05) is 0 Å². The summed E-state index contributed by atoms with van der Waals surface area (Å²) < 4.78 is 11.4. The number of nitrogens with one attached hydrogen (secondary N) is 2. The minimum absolute atomic E-state index is 0.0806. The highest BCUT2D eigenvalue weighted by atomic mass is 16.5. The fourth-order valence-corrected chi connectivity index (χ4v) is 3.11. The van der Waals surface area contributed by atoms with Crippen LogP contribution >= 0.6 is 0 Å². The molecule has 3 heterocycles. The predicted octanol–water partition coefficient (Wildman–Crippen LogP) is 3.29. The SMILES string of the molecule is Cc1cnc(NC(C)[C@H](C)OCCN2CCCC2)nc1NCc1ccco1. The Hall–Kier alpha value is -2.12. The van der Waals surface area contributed by atoms with Gasteiger partial charge in [-0.3, -0.25) is 0 Å². The van der Waals surface area contributed by atoms with E-state index >= 15 is 0 Å². The lowest BCUT2D eigenvalue weighted by Crippen LogP contribution is -2.34. The first-order chi connectivity index (χ1) is 13.1. The second-order valence-electron chi connectivity index (χ2n) is 7.22. The number of ether oxygens (including phenoxy) is 1. The standard InChI is InChI=1S/C20H31N5O2/c1-15-13-22-20(24-19(15)21-14-18-7-6-11-27-18)23-16(2)17(3)26-12-10-25-8-4-5-9-25/h6-7,11,13,16-17H,4-5,8-10,12,14H2,1-3H3,(H2,21,22,23,24)/t16?,17-/m0/s1. The van der Waals surface area contributed by atoms with Crippen LogP contribution in [0.3, 0.4) is 0 Å². The molecule has 0 spiro atoms. The summed E-state index contributed by atoms with van der Waals surface area (Å²) in [5.74, 6) is 2.28. The molecule has 3 rings (SSSR count). The molecule has 27 heavy (non-hydrogen) atoms. The summed E-state index contributed by atoms with van der Waals surface area (Å²) >= 11 is 0. The molecule has 1 aliphatic heterocycles.